The van der Waals surface area contributed by atoms with Crippen LogP contribution in [0.4, 0.5) is 0 Å². The average molecular weight is 247 g/mol. The third-order valence-corrected chi connectivity index (χ3v) is 3.17. The highest BCUT2D eigenvalue weighted by molar-refractivity contribution is 5.81. The summed E-state index contributed by atoms with van der Waals surface area (Å²) in [6.45, 7) is 7.00. The van der Waals surface area contributed by atoms with Gasteiger partial charge in [0.1, 0.15) is 18.1 Å². The largest absolute Gasteiger partial charge is 0.488 e. The van der Waals surface area contributed by atoms with Gasteiger partial charge in [0, 0.05) is 30.0 Å². The van der Waals surface area contributed by atoms with Crippen LogP contribution in [0.2, 0.25) is 0 Å². The Bertz CT molecular complexity index is 417. The number of ether oxygens (including phenoxy) is 1. The van der Waals surface area contributed by atoms with Gasteiger partial charge in [-0.1, -0.05) is 18.2 Å². The molecule has 1 saturated heterocycles. The molecule has 1 unspecified atom stereocenters. The monoisotopic (exact) mass is 247 g/mol. The van der Waals surface area contributed by atoms with Gasteiger partial charge in [-0.3, -0.25) is 4.79 Å². The Balaban J connectivity index is 0.000000136. The zero-order chi connectivity index (χ0) is 13.2. The van der Waals surface area contributed by atoms with E-state index in [1.807, 2.05) is 18.2 Å². The number of nitrogens with one attached hydrogen (secondary N) is 1. The third kappa shape index (κ3) is 3.33. The number of para-hydroxylation sites is 1. The summed E-state index contributed by atoms with van der Waals surface area (Å²) in [7, 11) is 0. The Morgan fingerprint density at radius 2 is 2.06 bits per heavy atom. The van der Waals surface area contributed by atoms with E-state index in [2.05, 4.69) is 32.2 Å². The van der Waals surface area contributed by atoms with Gasteiger partial charge in [0.05, 0.1) is 0 Å². The van der Waals surface area contributed by atoms with Gasteiger partial charge in [0.25, 0.3) is 0 Å². The van der Waals surface area contributed by atoms with E-state index >= 15 is 0 Å². The van der Waals surface area contributed by atoms with E-state index in [4.69, 9.17) is 4.74 Å². The number of piperidine rings is 1. The molecule has 1 atom stereocenters. The number of hydrogen-bond acceptors (Lipinski definition) is 3. The SMILES string of the molecule is CC1CC(=O)CC(C)(C)N1.c1ccc2c(c1)CO2. The molecule has 0 saturated carbocycles. The molecule has 0 spiro atoms. The van der Waals surface area contributed by atoms with Crippen molar-refractivity contribution >= 4 is 5.78 Å². The van der Waals surface area contributed by atoms with Crippen LogP contribution in [0, 0.1) is 0 Å². The first-order valence-corrected chi connectivity index (χ1v) is 6.46. The van der Waals surface area contributed by atoms with Crippen molar-refractivity contribution in [3.8, 4) is 5.75 Å². The molecular formula is C15H21NO2. The Kier molecular flexibility index (Phi) is 3.71. The molecule has 1 aromatic carbocycles. The van der Waals surface area contributed by atoms with E-state index < -0.39 is 0 Å². The Morgan fingerprint density at radius 3 is 2.44 bits per heavy atom. The van der Waals surface area contributed by atoms with Crippen LogP contribution in [-0.4, -0.2) is 17.4 Å². The Hall–Kier alpha value is -1.35. The van der Waals surface area contributed by atoms with Crippen LogP contribution >= 0.6 is 0 Å². The first-order chi connectivity index (χ1) is 8.46. The first kappa shape index (κ1) is 13.1. The molecule has 1 fully saturated rings. The lowest BCUT2D eigenvalue weighted by atomic mass is 9.89. The molecule has 0 aromatic heterocycles. The van der Waals surface area contributed by atoms with Gasteiger partial charge in [-0.15, -0.1) is 0 Å². The van der Waals surface area contributed by atoms with Gasteiger partial charge in [0.2, 0.25) is 0 Å². The summed E-state index contributed by atoms with van der Waals surface area (Å²) in [6.07, 6.45) is 1.38. The summed E-state index contributed by atoms with van der Waals surface area (Å²) in [5, 5.41) is 3.37. The molecule has 3 nitrogen and oxygen atoms in total. The molecule has 0 aliphatic carbocycles. The van der Waals surface area contributed by atoms with E-state index in [9.17, 15) is 4.79 Å². The van der Waals surface area contributed by atoms with Crippen molar-refractivity contribution in [3.05, 3.63) is 29.8 Å². The summed E-state index contributed by atoms with van der Waals surface area (Å²) >= 11 is 0. The Labute approximate surface area is 109 Å². The number of rotatable bonds is 0. The second kappa shape index (κ2) is 5.11. The van der Waals surface area contributed by atoms with Gasteiger partial charge in [-0.2, -0.15) is 0 Å². The predicted octanol–water partition coefficient (Wildman–Crippen LogP) is 2.69. The van der Waals surface area contributed by atoms with Crippen molar-refractivity contribution in [2.24, 2.45) is 0 Å². The molecule has 18 heavy (non-hydrogen) atoms. The molecule has 2 aliphatic rings. The quantitative estimate of drug-likeness (QED) is 0.766. The maximum absolute atomic E-state index is 11.0. The molecule has 1 aromatic rings. The molecule has 0 bridgehead atoms. The Morgan fingerprint density at radius 1 is 1.33 bits per heavy atom. The van der Waals surface area contributed by atoms with E-state index in [1.165, 1.54) is 5.56 Å². The molecule has 3 rings (SSSR count). The maximum Gasteiger partial charge on any atom is 0.136 e. The van der Waals surface area contributed by atoms with Crippen LogP contribution in [0.25, 0.3) is 0 Å². The standard InChI is InChI=1S/C8H15NO.C7H6O/c1-6-4-7(10)5-8(2,3)9-6;1-2-4-7-6(3-1)5-8-7/h6,9H,4-5H2,1-3H3;1-4H,5H2. The van der Waals surface area contributed by atoms with Crippen molar-refractivity contribution < 1.29 is 9.53 Å². The molecule has 98 valence electrons. The van der Waals surface area contributed by atoms with Crippen LogP contribution in [0.5, 0.6) is 5.75 Å². The van der Waals surface area contributed by atoms with Crippen molar-refractivity contribution in [2.75, 3.05) is 0 Å². The fourth-order valence-corrected chi connectivity index (χ4v) is 2.51. The smallest absolute Gasteiger partial charge is 0.136 e. The van der Waals surface area contributed by atoms with Gasteiger partial charge >= 0.3 is 0 Å². The fourth-order valence-electron chi connectivity index (χ4n) is 2.51. The molecular weight excluding hydrogens is 226 g/mol. The molecule has 2 heterocycles. The van der Waals surface area contributed by atoms with Crippen molar-refractivity contribution in [1.29, 1.82) is 0 Å². The minimum atomic E-state index is 0.0226. The number of carbonyl (C=O) groups is 1. The number of ketones is 1. The molecule has 2 aliphatic heterocycles. The van der Waals surface area contributed by atoms with Crippen molar-refractivity contribution in [2.45, 2.75) is 51.8 Å². The lowest BCUT2D eigenvalue weighted by Gasteiger charge is -2.34. The van der Waals surface area contributed by atoms with Gasteiger partial charge < -0.3 is 10.1 Å². The van der Waals surface area contributed by atoms with E-state index in [1.54, 1.807) is 0 Å². The minimum Gasteiger partial charge on any atom is -0.488 e. The normalized spacial score (nSPS) is 23.9. The van der Waals surface area contributed by atoms with Crippen LogP contribution in [0.1, 0.15) is 39.2 Å². The predicted molar refractivity (Wildman–Crippen MR) is 71.7 cm³/mol. The van der Waals surface area contributed by atoms with E-state index in [0.29, 0.717) is 24.7 Å². The van der Waals surface area contributed by atoms with Crippen LogP contribution in [0.3, 0.4) is 0 Å². The topological polar surface area (TPSA) is 38.3 Å². The number of benzene rings is 1. The summed E-state index contributed by atoms with van der Waals surface area (Å²) in [4.78, 5) is 11.0. The van der Waals surface area contributed by atoms with E-state index in [-0.39, 0.29) is 5.54 Å². The number of Topliss-reactive ketones (excluding diaryl/α,β-unsaturated/α-hetero) is 1. The number of fused-ring (bicyclic) bond motifs is 1. The molecule has 1 N–H and O–H groups in total. The summed E-state index contributed by atoms with van der Waals surface area (Å²) in [5.74, 6) is 1.43. The van der Waals surface area contributed by atoms with Gasteiger partial charge in [-0.25, -0.2) is 0 Å². The second-order valence-corrected chi connectivity index (χ2v) is 5.75. The average Bonchev–Trinajstić information content (AvgIpc) is 2.17. The van der Waals surface area contributed by atoms with Crippen LogP contribution < -0.4 is 10.1 Å². The van der Waals surface area contributed by atoms with Crippen LogP contribution in [-0.2, 0) is 11.4 Å². The molecule has 3 heteroatoms. The molecule has 0 amide bonds. The maximum atomic E-state index is 11.0. The van der Waals surface area contributed by atoms with E-state index in [0.717, 1.165) is 12.4 Å². The number of hydrogen-bond donors (Lipinski definition) is 1. The molecule has 0 radical (unpaired) electrons. The zero-order valence-electron chi connectivity index (χ0n) is 11.3. The van der Waals surface area contributed by atoms with Crippen molar-refractivity contribution in [3.63, 3.8) is 0 Å². The number of carbonyl (C=O) groups excluding carboxylic acids is 1. The fraction of sp³-hybridized carbons (Fsp3) is 0.533. The zero-order valence-corrected chi connectivity index (χ0v) is 11.3. The van der Waals surface area contributed by atoms with Gasteiger partial charge in [-0.05, 0) is 26.8 Å². The first-order valence-electron chi connectivity index (χ1n) is 6.46. The minimum absolute atomic E-state index is 0.0226. The lowest BCUT2D eigenvalue weighted by Crippen LogP contribution is -2.51. The highest BCUT2D eigenvalue weighted by atomic mass is 16.5. The summed E-state index contributed by atoms with van der Waals surface area (Å²) in [6, 6.07) is 8.44. The lowest BCUT2D eigenvalue weighted by molar-refractivity contribution is -0.122. The highest BCUT2D eigenvalue weighted by Gasteiger charge is 2.29. The summed E-state index contributed by atoms with van der Waals surface area (Å²) in [5.41, 5.74) is 1.35. The van der Waals surface area contributed by atoms with Crippen LogP contribution in [0.15, 0.2) is 24.3 Å². The highest BCUT2D eigenvalue weighted by Crippen LogP contribution is 2.27. The summed E-state index contributed by atoms with van der Waals surface area (Å²) < 4.78 is 5.08. The third-order valence-electron chi connectivity index (χ3n) is 3.17. The van der Waals surface area contributed by atoms with Gasteiger partial charge in [0.15, 0.2) is 0 Å². The second-order valence-electron chi connectivity index (χ2n) is 5.75. The van der Waals surface area contributed by atoms with Crippen molar-refractivity contribution in [1.82, 2.24) is 5.32 Å².